The zero-order valence-electron chi connectivity index (χ0n) is 12.3. The van der Waals surface area contributed by atoms with Gasteiger partial charge in [0.2, 0.25) is 0 Å². The molecule has 1 aromatic rings. The Balaban J connectivity index is 1.47. The third kappa shape index (κ3) is 3.89. The predicted molar refractivity (Wildman–Crippen MR) is 86.1 cm³/mol. The minimum absolute atomic E-state index is 0.325. The summed E-state index contributed by atoms with van der Waals surface area (Å²) in [6, 6.07) is 8.56. The van der Waals surface area contributed by atoms with Gasteiger partial charge in [0.15, 0.2) is 5.96 Å². The van der Waals surface area contributed by atoms with Crippen molar-refractivity contribution >= 4 is 17.6 Å². The maximum absolute atomic E-state index is 6.05. The summed E-state index contributed by atoms with van der Waals surface area (Å²) in [6.07, 6.45) is 3.75. The van der Waals surface area contributed by atoms with Crippen LogP contribution < -0.4 is 10.6 Å². The van der Waals surface area contributed by atoms with Crippen molar-refractivity contribution in [2.45, 2.75) is 37.3 Å². The number of ether oxygens (including phenoxy) is 1. The first-order valence-corrected chi connectivity index (χ1v) is 7.98. The van der Waals surface area contributed by atoms with Crippen molar-refractivity contribution in [1.29, 1.82) is 0 Å². The van der Waals surface area contributed by atoms with Gasteiger partial charge in [0.1, 0.15) is 0 Å². The molecular formula is C16H22ClN3O. The topological polar surface area (TPSA) is 45.7 Å². The van der Waals surface area contributed by atoms with E-state index >= 15 is 0 Å². The Morgan fingerprint density at radius 3 is 3.10 bits per heavy atom. The fraction of sp³-hybridized carbons (Fsp3) is 0.562. The van der Waals surface area contributed by atoms with E-state index in [1.165, 1.54) is 5.56 Å². The van der Waals surface area contributed by atoms with Crippen LogP contribution in [0.4, 0.5) is 0 Å². The summed E-state index contributed by atoms with van der Waals surface area (Å²) >= 11 is 6.05. The molecule has 2 aliphatic rings. The second-order valence-corrected chi connectivity index (χ2v) is 6.17. The first-order chi connectivity index (χ1) is 10.3. The zero-order valence-corrected chi connectivity index (χ0v) is 13.1. The van der Waals surface area contributed by atoms with Gasteiger partial charge >= 0.3 is 0 Å². The van der Waals surface area contributed by atoms with Crippen LogP contribution in [0.2, 0.25) is 5.02 Å². The molecule has 1 aliphatic carbocycles. The number of nitrogens with zero attached hydrogens (tertiary/aromatic N) is 1. The maximum atomic E-state index is 6.05. The second kappa shape index (κ2) is 6.67. The zero-order chi connectivity index (χ0) is 14.7. The van der Waals surface area contributed by atoms with Crippen LogP contribution in [-0.2, 0) is 4.74 Å². The summed E-state index contributed by atoms with van der Waals surface area (Å²) in [5.41, 5.74) is 1.30. The molecule has 3 rings (SSSR count). The fourth-order valence-corrected chi connectivity index (χ4v) is 3.04. The van der Waals surface area contributed by atoms with E-state index in [0.29, 0.717) is 18.1 Å². The lowest BCUT2D eigenvalue weighted by Gasteiger charge is -2.15. The van der Waals surface area contributed by atoms with Crippen molar-refractivity contribution in [2.75, 3.05) is 20.2 Å². The molecule has 0 amide bonds. The first kappa shape index (κ1) is 14.7. The van der Waals surface area contributed by atoms with Crippen molar-refractivity contribution in [3.8, 4) is 0 Å². The van der Waals surface area contributed by atoms with Crippen molar-refractivity contribution in [2.24, 2.45) is 4.99 Å². The van der Waals surface area contributed by atoms with Gasteiger partial charge in [-0.3, -0.25) is 4.99 Å². The highest BCUT2D eigenvalue weighted by molar-refractivity contribution is 6.30. The van der Waals surface area contributed by atoms with Crippen LogP contribution >= 0.6 is 11.6 Å². The largest absolute Gasteiger partial charge is 0.376 e. The van der Waals surface area contributed by atoms with Gasteiger partial charge in [0.05, 0.1) is 6.10 Å². The molecule has 2 fully saturated rings. The molecule has 114 valence electrons. The van der Waals surface area contributed by atoms with Gasteiger partial charge in [0, 0.05) is 37.2 Å². The number of halogens is 1. The summed E-state index contributed by atoms with van der Waals surface area (Å²) in [6.45, 7) is 1.71. The highest BCUT2D eigenvalue weighted by Crippen LogP contribution is 2.41. The van der Waals surface area contributed by atoms with Gasteiger partial charge in [-0.2, -0.15) is 0 Å². The summed E-state index contributed by atoms with van der Waals surface area (Å²) in [5, 5.41) is 7.63. The highest BCUT2D eigenvalue weighted by Gasteiger charge is 2.39. The van der Waals surface area contributed by atoms with Crippen LogP contribution in [0.3, 0.4) is 0 Å². The third-order valence-electron chi connectivity index (χ3n) is 4.13. The van der Waals surface area contributed by atoms with Gasteiger partial charge < -0.3 is 15.4 Å². The smallest absolute Gasteiger partial charge is 0.191 e. The summed E-state index contributed by atoms with van der Waals surface area (Å²) in [7, 11) is 1.81. The van der Waals surface area contributed by atoms with Crippen LogP contribution in [-0.4, -0.2) is 38.3 Å². The van der Waals surface area contributed by atoms with Gasteiger partial charge in [-0.1, -0.05) is 23.7 Å². The molecule has 3 atom stereocenters. The van der Waals surface area contributed by atoms with Crippen LogP contribution in [0.5, 0.6) is 0 Å². The van der Waals surface area contributed by atoms with Gasteiger partial charge in [-0.15, -0.1) is 0 Å². The molecule has 0 aromatic heterocycles. The number of rotatable bonds is 4. The highest BCUT2D eigenvalue weighted by atomic mass is 35.5. The molecule has 0 spiro atoms. The number of aliphatic imine (C=N–C) groups is 1. The summed E-state index contributed by atoms with van der Waals surface area (Å²) in [5.74, 6) is 1.39. The average molecular weight is 308 g/mol. The Morgan fingerprint density at radius 2 is 2.38 bits per heavy atom. The lowest BCUT2D eigenvalue weighted by Crippen LogP contribution is -2.42. The van der Waals surface area contributed by atoms with Gasteiger partial charge in [-0.05, 0) is 37.0 Å². The van der Waals surface area contributed by atoms with Crippen molar-refractivity contribution in [3.63, 3.8) is 0 Å². The molecule has 1 heterocycles. The predicted octanol–water partition coefficient (Wildman–Crippen LogP) is 2.54. The van der Waals surface area contributed by atoms with Crippen molar-refractivity contribution in [1.82, 2.24) is 10.6 Å². The van der Waals surface area contributed by atoms with E-state index in [2.05, 4.69) is 27.8 Å². The average Bonchev–Trinajstić information content (AvgIpc) is 3.06. The molecule has 0 bridgehead atoms. The molecule has 0 radical (unpaired) electrons. The van der Waals surface area contributed by atoms with Crippen molar-refractivity contribution in [3.05, 3.63) is 34.9 Å². The van der Waals surface area contributed by atoms with E-state index in [1.807, 2.05) is 19.2 Å². The minimum atomic E-state index is 0.325. The Bertz CT molecular complexity index is 514. The minimum Gasteiger partial charge on any atom is -0.376 e. The Hall–Kier alpha value is -1.26. The molecule has 1 aromatic carbocycles. The second-order valence-electron chi connectivity index (χ2n) is 5.74. The standard InChI is InChI=1S/C16H22ClN3O/c1-18-16(19-10-13-6-3-7-21-13)20-15-9-14(15)11-4-2-5-12(17)8-11/h2,4-5,8,13-15H,3,6-7,9-10H2,1H3,(H2,18,19,20). The molecule has 2 N–H and O–H groups in total. The van der Waals surface area contributed by atoms with Crippen LogP contribution in [0, 0.1) is 0 Å². The van der Waals surface area contributed by atoms with E-state index < -0.39 is 0 Å². The molecule has 3 unspecified atom stereocenters. The number of hydrogen-bond acceptors (Lipinski definition) is 2. The van der Waals surface area contributed by atoms with Crippen LogP contribution in [0.1, 0.15) is 30.7 Å². The number of benzene rings is 1. The third-order valence-corrected chi connectivity index (χ3v) is 4.37. The summed E-state index contributed by atoms with van der Waals surface area (Å²) < 4.78 is 5.61. The van der Waals surface area contributed by atoms with E-state index in [1.54, 1.807) is 0 Å². The Morgan fingerprint density at radius 1 is 1.48 bits per heavy atom. The number of hydrogen-bond donors (Lipinski definition) is 2. The quantitative estimate of drug-likeness (QED) is 0.664. The maximum Gasteiger partial charge on any atom is 0.191 e. The number of nitrogens with one attached hydrogen (secondary N) is 2. The van der Waals surface area contributed by atoms with E-state index in [9.17, 15) is 0 Å². The van der Waals surface area contributed by atoms with Gasteiger partial charge in [0.25, 0.3) is 0 Å². The molecule has 1 saturated carbocycles. The van der Waals surface area contributed by atoms with Crippen LogP contribution in [0.15, 0.2) is 29.3 Å². The molecule has 4 nitrogen and oxygen atoms in total. The molecule has 21 heavy (non-hydrogen) atoms. The molecular weight excluding hydrogens is 286 g/mol. The SMILES string of the molecule is CN=C(NCC1CCCO1)NC1CC1c1cccc(Cl)c1. The summed E-state index contributed by atoms with van der Waals surface area (Å²) in [4.78, 5) is 4.29. The van der Waals surface area contributed by atoms with Crippen molar-refractivity contribution < 1.29 is 4.74 Å². The fourth-order valence-electron chi connectivity index (χ4n) is 2.85. The first-order valence-electron chi connectivity index (χ1n) is 7.60. The van der Waals surface area contributed by atoms with Gasteiger partial charge in [-0.25, -0.2) is 0 Å². The van der Waals surface area contributed by atoms with Crippen LogP contribution in [0.25, 0.3) is 0 Å². The van der Waals surface area contributed by atoms with E-state index in [-0.39, 0.29) is 0 Å². The van der Waals surface area contributed by atoms with E-state index in [4.69, 9.17) is 16.3 Å². The number of guanidine groups is 1. The lowest BCUT2D eigenvalue weighted by atomic mass is 10.1. The Labute approximate surface area is 130 Å². The lowest BCUT2D eigenvalue weighted by molar-refractivity contribution is 0.114. The molecule has 1 aliphatic heterocycles. The Kier molecular flexibility index (Phi) is 4.66. The monoisotopic (exact) mass is 307 g/mol. The van der Waals surface area contributed by atoms with E-state index in [0.717, 1.165) is 43.4 Å². The normalized spacial score (nSPS) is 28.5. The molecule has 1 saturated heterocycles. The molecule has 5 heteroatoms.